The largest absolute Gasteiger partial charge is 0.338 e. The van der Waals surface area contributed by atoms with Gasteiger partial charge in [-0.1, -0.05) is 17.7 Å². The minimum atomic E-state index is -0.378. The number of fused-ring (bicyclic) bond motifs is 1. The molecule has 3 aromatic heterocycles. The second-order valence-corrected chi connectivity index (χ2v) is 7.35. The van der Waals surface area contributed by atoms with Crippen LogP contribution in [0.15, 0.2) is 41.2 Å². The fraction of sp³-hybridized carbons (Fsp3) is 0.133. The third kappa shape index (κ3) is 2.83. The lowest BCUT2D eigenvalue weighted by Gasteiger charge is -2.14. The van der Waals surface area contributed by atoms with Gasteiger partial charge in [-0.3, -0.25) is 9.59 Å². The van der Waals surface area contributed by atoms with Crippen molar-refractivity contribution < 1.29 is 4.79 Å². The number of nitrogens with zero attached hydrogens (tertiary/aromatic N) is 3. The molecule has 118 valence electrons. The van der Waals surface area contributed by atoms with Gasteiger partial charge in [0.25, 0.3) is 11.5 Å². The Morgan fingerprint density at radius 2 is 2.30 bits per heavy atom. The summed E-state index contributed by atoms with van der Waals surface area (Å²) in [5, 5.41) is 1.84. The molecule has 0 spiro atoms. The quantitative estimate of drug-likeness (QED) is 0.666. The van der Waals surface area contributed by atoms with Gasteiger partial charge in [-0.05, 0) is 12.1 Å². The van der Waals surface area contributed by atoms with Gasteiger partial charge in [-0.15, -0.1) is 29.3 Å². The molecule has 0 fully saturated rings. The van der Waals surface area contributed by atoms with Crippen molar-refractivity contribution in [1.29, 1.82) is 0 Å². The molecule has 0 radical (unpaired) electrons. The van der Waals surface area contributed by atoms with E-state index in [1.165, 1.54) is 38.2 Å². The molecular weight excluding hydrogens is 354 g/mol. The highest BCUT2D eigenvalue weighted by molar-refractivity contribution is 7.20. The van der Waals surface area contributed by atoms with Crippen molar-refractivity contribution in [2.24, 2.45) is 0 Å². The topological polar surface area (TPSA) is 54.7 Å². The SMILES string of the molecule is C=CCN(C)C(=O)c1cnc2scc(-c3ccc(Cl)s3)n2c1=O. The fourth-order valence-corrected chi connectivity index (χ4v) is 4.12. The molecule has 3 aromatic rings. The van der Waals surface area contributed by atoms with Crippen molar-refractivity contribution in [2.75, 3.05) is 13.6 Å². The molecule has 0 saturated heterocycles. The Bertz CT molecular complexity index is 957. The molecule has 0 aromatic carbocycles. The minimum absolute atomic E-state index is 0.0363. The van der Waals surface area contributed by atoms with E-state index in [1.54, 1.807) is 19.2 Å². The van der Waals surface area contributed by atoms with Gasteiger partial charge in [-0.25, -0.2) is 9.38 Å². The summed E-state index contributed by atoms with van der Waals surface area (Å²) in [6, 6.07) is 3.62. The average molecular weight is 366 g/mol. The molecule has 8 heteroatoms. The van der Waals surface area contributed by atoms with Crippen LogP contribution < -0.4 is 5.56 Å². The number of hydrogen-bond donors (Lipinski definition) is 0. The zero-order chi connectivity index (χ0) is 16.6. The fourth-order valence-electron chi connectivity index (χ4n) is 2.15. The van der Waals surface area contributed by atoms with Gasteiger partial charge in [0.05, 0.1) is 14.9 Å². The Morgan fingerprint density at radius 1 is 1.52 bits per heavy atom. The van der Waals surface area contributed by atoms with E-state index >= 15 is 0 Å². The van der Waals surface area contributed by atoms with E-state index in [0.29, 0.717) is 21.5 Å². The highest BCUT2D eigenvalue weighted by Gasteiger charge is 2.19. The Balaban J connectivity index is 2.17. The van der Waals surface area contributed by atoms with Crippen molar-refractivity contribution in [2.45, 2.75) is 0 Å². The molecule has 0 N–H and O–H groups in total. The maximum atomic E-state index is 12.8. The third-order valence-electron chi connectivity index (χ3n) is 3.25. The molecule has 3 heterocycles. The molecular formula is C15H12ClN3O2S2. The van der Waals surface area contributed by atoms with E-state index in [2.05, 4.69) is 11.6 Å². The van der Waals surface area contributed by atoms with Crippen LogP contribution in [0.2, 0.25) is 4.34 Å². The smallest absolute Gasteiger partial charge is 0.271 e. The van der Waals surface area contributed by atoms with Crippen LogP contribution in [0.5, 0.6) is 0 Å². The van der Waals surface area contributed by atoms with Crippen LogP contribution in [0.25, 0.3) is 15.5 Å². The predicted octanol–water partition coefficient (Wildman–Crippen LogP) is 3.40. The lowest BCUT2D eigenvalue weighted by atomic mass is 10.3. The van der Waals surface area contributed by atoms with Crippen LogP contribution in [-0.4, -0.2) is 33.8 Å². The van der Waals surface area contributed by atoms with Crippen LogP contribution in [-0.2, 0) is 0 Å². The van der Waals surface area contributed by atoms with Gasteiger partial charge in [0.1, 0.15) is 5.56 Å². The predicted molar refractivity (Wildman–Crippen MR) is 94.8 cm³/mol. The molecule has 0 atom stereocenters. The van der Waals surface area contributed by atoms with Crippen molar-refractivity contribution in [3.63, 3.8) is 0 Å². The molecule has 0 aliphatic heterocycles. The average Bonchev–Trinajstić information content (AvgIpc) is 3.13. The van der Waals surface area contributed by atoms with E-state index in [0.717, 1.165) is 4.88 Å². The first-order valence-corrected chi connectivity index (χ1v) is 8.71. The molecule has 0 aliphatic rings. The first-order valence-electron chi connectivity index (χ1n) is 6.64. The second kappa shape index (κ2) is 6.27. The van der Waals surface area contributed by atoms with Crippen molar-refractivity contribution in [1.82, 2.24) is 14.3 Å². The third-order valence-corrected chi connectivity index (χ3v) is 5.35. The van der Waals surface area contributed by atoms with Crippen LogP contribution in [0.1, 0.15) is 10.4 Å². The molecule has 1 amide bonds. The van der Waals surface area contributed by atoms with Crippen molar-refractivity contribution in [3.8, 4) is 10.6 Å². The number of amides is 1. The van der Waals surface area contributed by atoms with Gasteiger partial charge < -0.3 is 4.90 Å². The lowest BCUT2D eigenvalue weighted by Crippen LogP contribution is -2.33. The number of aromatic nitrogens is 2. The summed E-state index contributed by atoms with van der Waals surface area (Å²) in [6.45, 7) is 3.95. The van der Waals surface area contributed by atoms with Crippen LogP contribution in [0, 0.1) is 0 Å². The zero-order valence-electron chi connectivity index (χ0n) is 12.2. The number of carbonyl (C=O) groups excluding carboxylic acids is 1. The van der Waals surface area contributed by atoms with E-state index in [-0.39, 0.29) is 17.0 Å². The lowest BCUT2D eigenvalue weighted by molar-refractivity contribution is 0.0808. The molecule has 0 bridgehead atoms. The highest BCUT2D eigenvalue weighted by Crippen LogP contribution is 2.32. The Morgan fingerprint density at radius 3 is 2.96 bits per heavy atom. The van der Waals surface area contributed by atoms with Crippen molar-refractivity contribution in [3.05, 3.63) is 56.6 Å². The monoisotopic (exact) mass is 365 g/mol. The summed E-state index contributed by atoms with van der Waals surface area (Å²) >= 11 is 8.69. The number of thiazole rings is 1. The zero-order valence-corrected chi connectivity index (χ0v) is 14.5. The number of thiophene rings is 1. The summed E-state index contributed by atoms with van der Waals surface area (Å²) in [5.41, 5.74) is 0.353. The van der Waals surface area contributed by atoms with Crippen LogP contribution in [0.3, 0.4) is 0 Å². The summed E-state index contributed by atoms with van der Waals surface area (Å²) in [6.07, 6.45) is 2.94. The maximum Gasteiger partial charge on any atom is 0.271 e. The highest BCUT2D eigenvalue weighted by atomic mass is 35.5. The van der Waals surface area contributed by atoms with Gasteiger partial charge in [0.15, 0.2) is 4.96 Å². The summed E-state index contributed by atoms with van der Waals surface area (Å²) in [5.74, 6) is -0.377. The standard InChI is InChI=1S/C15H12ClN3O2S2/c1-3-6-18(2)13(20)9-7-17-15-19(14(9)21)10(8-22-15)11-4-5-12(16)23-11/h3-5,7-8H,1,6H2,2H3. The molecule has 3 rings (SSSR count). The van der Waals surface area contributed by atoms with E-state index in [4.69, 9.17) is 11.6 Å². The van der Waals surface area contributed by atoms with E-state index in [9.17, 15) is 9.59 Å². The maximum absolute atomic E-state index is 12.8. The van der Waals surface area contributed by atoms with E-state index < -0.39 is 0 Å². The molecule has 23 heavy (non-hydrogen) atoms. The second-order valence-electron chi connectivity index (χ2n) is 4.79. The Labute approximate surface area is 145 Å². The first kappa shape index (κ1) is 15.9. The number of rotatable bonds is 4. The number of likely N-dealkylation sites (N-methyl/N-ethyl adjacent to an activating group) is 1. The number of carbonyl (C=O) groups is 1. The number of halogens is 1. The number of hydrogen-bond acceptors (Lipinski definition) is 5. The van der Waals surface area contributed by atoms with Crippen LogP contribution in [0.4, 0.5) is 0 Å². The summed E-state index contributed by atoms with van der Waals surface area (Å²) < 4.78 is 2.10. The van der Waals surface area contributed by atoms with Gasteiger partial charge >= 0.3 is 0 Å². The molecule has 5 nitrogen and oxygen atoms in total. The van der Waals surface area contributed by atoms with Crippen LogP contribution >= 0.6 is 34.3 Å². The summed E-state index contributed by atoms with van der Waals surface area (Å²) in [7, 11) is 1.62. The Hall–Kier alpha value is -1.96. The molecule has 0 aliphatic carbocycles. The van der Waals surface area contributed by atoms with Gasteiger partial charge in [0.2, 0.25) is 0 Å². The van der Waals surface area contributed by atoms with Crippen molar-refractivity contribution >= 4 is 45.1 Å². The first-order chi connectivity index (χ1) is 11.0. The molecule has 0 saturated carbocycles. The van der Waals surface area contributed by atoms with Gasteiger partial charge in [-0.2, -0.15) is 0 Å². The Kier molecular flexibility index (Phi) is 4.34. The normalized spacial score (nSPS) is 10.9. The van der Waals surface area contributed by atoms with Gasteiger partial charge in [0, 0.05) is 25.2 Å². The molecule has 0 unspecified atom stereocenters. The van der Waals surface area contributed by atoms with E-state index in [1.807, 2.05) is 11.4 Å². The minimum Gasteiger partial charge on any atom is -0.338 e. The summed E-state index contributed by atoms with van der Waals surface area (Å²) in [4.78, 5) is 32.2.